The molecule has 0 saturated heterocycles. The van der Waals surface area contributed by atoms with E-state index in [-0.39, 0.29) is 12.1 Å². The third kappa shape index (κ3) is 2.51. The SMILES string of the molecule is COC(C)C(NN)c1ccccc1C1CCC1. The number of benzene rings is 1. The Kier molecular flexibility index (Phi) is 4.15. The molecule has 2 unspecified atom stereocenters. The highest BCUT2D eigenvalue weighted by molar-refractivity contribution is 5.34. The third-order valence-corrected chi connectivity index (χ3v) is 3.90. The predicted octanol–water partition coefficient (Wildman–Crippen LogP) is 2.49. The smallest absolute Gasteiger partial charge is 0.0750 e. The second kappa shape index (κ2) is 5.63. The van der Waals surface area contributed by atoms with Gasteiger partial charge in [0, 0.05) is 7.11 Å². The Balaban J connectivity index is 2.28. The fraction of sp³-hybridized carbons (Fsp3) is 0.571. The molecule has 0 aromatic heterocycles. The lowest BCUT2D eigenvalue weighted by Gasteiger charge is -2.31. The number of rotatable bonds is 5. The van der Waals surface area contributed by atoms with E-state index in [2.05, 4.69) is 29.7 Å². The molecule has 1 aliphatic carbocycles. The fourth-order valence-electron chi connectivity index (χ4n) is 2.50. The lowest BCUT2D eigenvalue weighted by Crippen LogP contribution is -2.37. The van der Waals surface area contributed by atoms with Crippen LogP contribution in [0, 0.1) is 0 Å². The number of hydrogen-bond donors (Lipinski definition) is 2. The maximum absolute atomic E-state index is 5.68. The van der Waals surface area contributed by atoms with Crippen molar-refractivity contribution in [1.29, 1.82) is 0 Å². The van der Waals surface area contributed by atoms with Crippen molar-refractivity contribution in [2.75, 3.05) is 7.11 Å². The minimum Gasteiger partial charge on any atom is -0.380 e. The van der Waals surface area contributed by atoms with Gasteiger partial charge in [-0.25, -0.2) is 0 Å². The standard InChI is InChI=1S/C14H22N2O/c1-10(17-2)14(16-15)13-9-4-3-8-12(13)11-6-5-7-11/h3-4,8-11,14,16H,5-7,15H2,1-2H3. The van der Waals surface area contributed by atoms with Crippen molar-refractivity contribution < 1.29 is 4.74 Å². The van der Waals surface area contributed by atoms with E-state index >= 15 is 0 Å². The van der Waals surface area contributed by atoms with Crippen molar-refractivity contribution >= 4 is 0 Å². The van der Waals surface area contributed by atoms with E-state index in [9.17, 15) is 0 Å². The van der Waals surface area contributed by atoms with Gasteiger partial charge in [-0.15, -0.1) is 0 Å². The molecule has 17 heavy (non-hydrogen) atoms. The van der Waals surface area contributed by atoms with Gasteiger partial charge >= 0.3 is 0 Å². The van der Waals surface area contributed by atoms with Crippen LogP contribution in [-0.2, 0) is 4.74 Å². The molecule has 1 saturated carbocycles. The monoisotopic (exact) mass is 234 g/mol. The van der Waals surface area contributed by atoms with Crippen molar-refractivity contribution in [2.45, 2.75) is 44.2 Å². The molecule has 1 fully saturated rings. The molecular weight excluding hydrogens is 212 g/mol. The molecule has 1 aromatic rings. The van der Waals surface area contributed by atoms with Crippen molar-refractivity contribution in [3.63, 3.8) is 0 Å². The van der Waals surface area contributed by atoms with Crippen LogP contribution in [0.1, 0.15) is 49.3 Å². The highest BCUT2D eigenvalue weighted by Gasteiger charge is 2.26. The van der Waals surface area contributed by atoms with Crippen LogP contribution >= 0.6 is 0 Å². The Hall–Kier alpha value is -0.900. The molecule has 0 aliphatic heterocycles. The number of nitrogens with two attached hydrogens (primary N) is 1. The maximum Gasteiger partial charge on any atom is 0.0750 e. The van der Waals surface area contributed by atoms with Crippen LogP contribution in [0.15, 0.2) is 24.3 Å². The molecule has 3 N–H and O–H groups in total. The van der Waals surface area contributed by atoms with Crippen molar-refractivity contribution in [3.05, 3.63) is 35.4 Å². The third-order valence-electron chi connectivity index (χ3n) is 3.90. The number of hydrazine groups is 1. The lowest BCUT2D eigenvalue weighted by molar-refractivity contribution is 0.0825. The minimum absolute atomic E-state index is 0.0665. The van der Waals surface area contributed by atoms with E-state index in [1.54, 1.807) is 7.11 Å². The molecule has 0 heterocycles. The molecule has 94 valence electrons. The van der Waals surface area contributed by atoms with Gasteiger partial charge in [0.2, 0.25) is 0 Å². The van der Waals surface area contributed by atoms with Crippen LogP contribution in [0.4, 0.5) is 0 Å². The van der Waals surface area contributed by atoms with Gasteiger partial charge in [-0.2, -0.15) is 0 Å². The van der Waals surface area contributed by atoms with Crippen molar-refractivity contribution in [2.24, 2.45) is 5.84 Å². The van der Waals surface area contributed by atoms with Gasteiger partial charge in [0.05, 0.1) is 12.1 Å². The van der Waals surface area contributed by atoms with Gasteiger partial charge in [-0.1, -0.05) is 30.7 Å². The van der Waals surface area contributed by atoms with Crippen LogP contribution in [0.3, 0.4) is 0 Å². The van der Waals surface area contributed by atoms with E-state index in [1.165, 1.54) is 30.4 Å². The summed E-state index contributed by atoms with van der Waals surface area (Å²) in [6, 6.07) is 8.64. The van der Waals surface area contributed by atoms with Gasteiger partial charge in [-0.05, 0) is 36.8 Å². The summed E-state index contributed by atoms with van der Waals surface area (Å²) in [5.41, 5.74) is 5.61. The highest BCUT2D eigenvalue weighted by Crippen LogP contribution is 2.39. The van der Waals surface area contributed by atoms with Crippen LogP contribution in [0.5, 0.6) is 0 Å². The Morgan fingerprint density at radius 2 is 2.06 bits per heavy atom. The molecule has 3 heteroatoms. The molecule has 0 spiro atoms. The summed E-state index contributed by atoms with van der Waals surface area (Å²) < 4.78 is 5.40. The summed E-state index contributed by atoms with van der Waals surface area (Å²) in [7, 11) is 1.72. The summed E-state index contributed by atoms with van der Waals surface area (Å²) in [6.45, 7) is 2.04. The van der Waals surface area contributed by atoms with Gasteiger partial charge < -0.3 is 4.74 Å². The van der Waals surface area contributed by atoms with Gasteiger partial charge in [0.1, 0.15) is 0 Å². The molecule has 1 aliphatic rings. The highest BCUT2D eigenvalue weighted by atomic mass is 16.5. The van der Waals surface area contributed by atoms with Crippen molar-refractivity contribution in [1.82, 2.24) is 5.43 Å². The second-order valence-electron chi connectivity index (χ2n) is 4.84. The molecule has 0 bridgehead atoms. The van der Waals surface area contributed by atoms with Gasteiger partial charge in [0.25, 0.3) is 0 Å². The number of nitrogens with one attached hydrogen (secondary N) is 1. The number of hydrogen-bond acceptors (Lipinski definition) is 3. The predicted molar refractivity (Wildman–Crippen MR) is 69.6 cm³/mol. The first kappa shape index (κ1) is 12.6. The average Bonchev–Trinajstić information content (AvgIpc) is 2.29. The minimum atomic E-state index is 0.0665. The summed E-state index contributed by atoms with van der Waals surface area (Å²) in [4.78, 5) is 0. The molecule has 2 rings (SSSR count). The first-order valence-corrected chi connectivity index (χ1v) is 6.35. The molecule has 3 nitrogen and oxygen atoms in total. The van der Waals surface area contributed by atoms with E-state index in [4.69, 9.17) is 10.6 Å². The molecule has 0 radical (unpaired) electrons. The largest absolute Gasteiger partial charge is 0.380 e. The van der Waals surface area contributed by atoms with Crippen molar-refractivity contribution in [3.8, 4) is 0 Å². The summed E-state index contributed by atoms with van der Waals surface area (Å²) in [5.74, 6) is 6.39. The van der Waals surface area contributed by atoms with E-state index in [0.717, 1.165) is 0 Å². The molecule has 1 aromatic carbocycles. The van der Waals surface area contributed by atoms with E-state index in [0.29, 0.717) is 5.92 Å². The second-order valence-corrected chi connectivity index (χ2v) is 4.84. The first-order valence-electron chi connectivity index (χ1n) is 6.35. The first-order chi connectivity index (χ1) is 8.27. The number of ether oxygens (including phenoxy) is 1. The van der Waals surface area contributed by atoms with Crippen LogP contribution in [0.25, 0.3) is 0 Å². The summed E-state index contributed by atoms with van der Waals surface area (Å²) >= 11 is 0. The normalized spacial score (nSPS) is 19.7. The Bertz CT molecular complexity index is 363. The molecule has 2 atom stereocenters. The molecular formula is C14H22N2O. The fourth-order valence-corrected chi connectivity index (χ4v) is 2.50. The average molecular weight is 234 g/mol. The lowest BCUT2D eigenvalue weighted by atomic mass is 9.77. The topological polar surface area (TPSA) is 47.3 Å². The molecule has 0 amide bonds. The maximum atomic E-state index is 5.68. The van der Waals surface area contributed by atoms with Crippen LogP contribution in [-0.4, -0.2) is 13.2 Å². The van der Waals surface area contributed by atoms with Crippen LogP contribution < -0.4 is 11.3 Å². The van der Waals surface area contributed by atoms with E-state index < -0.39 is 0 Å². The Morgan fingerprint density at radius 1 is 1.35 bits per heavy atom. The summed E-state index contributed by atoms with van der Waals surface area (Å²) in [6.07, 6.45) is 4.02. The Labute approximate surface area is 103 Å². The van der Waals surface area contributed by atoms with E-state index in [1.807, 2.05) is 6.92 Å². The van der Waals surface area contributed by atoms with Gasteiger partial charge in [0.15, 0.2) is 0 Å². The number of methoxy groups -OCH3 is 1. The van der Waals surface area contributed by atoms with Crippen LogP contribution in [0.2, 0.25) is 0 Å². The van der Waals surface area contributed by atoms with Gasteiger partial charge in [-0.3, -0.25) is 11.3 Å². The zero-order chi connectivity index (χ0) is 12.3. The Morgan fingerprint density at radius 3 is 2.59 bits per heavy atom. The zero-order valence-electron chi connectivity index (χ0n) is 10.6. The quantitative estimate of drug-likeness (QED) is 0.608. The summed E-state index contributed by atoms with van der Waals surface area (Å²) in [5, 5.41) is 0. The zero-order valence-corrected chi connectivity index (χ0v) is 10.6.